The molecular formula is C54H58N10O8S. The quantitative estimate of drug-likeness (QED) is 0.146. The fourth-order valence-electron chi connectivity index (χ4n) is 7.89. The summed E-state index contributed by atoms with van der Waals surface area (Å²) in [5, 5.41) is 1.46. The van der Waals surface area contributed by atoms with E-state index in [4.69, 9.17) is 18.9 Å². The molecule has 2 amide bonds. The van der Waals surface area contributed by atoms with E-state index in [1.165, 1.54) is 18.5 Å². The van der Waals surface area contributed by atoms with Crippen molar-refractivity contribution in [2.45, 2.75) is 57.6 Å². The summed E-state index contributed by atoms with van der Waals surface area (Å²) >= 11 is 0. The second-order valence-electron chi connectivity index (χ2n) is 18.9. The molecule has 0 radical (unpaired) electrons. The summed E-state index contributed by atoms with van der Waals surface area (Å²) in [6, 6.07) is 30.7. The van der Waals surface area contributed by atoms with Crippen molar-refractivity contribution in [2.24, 2.45) is 0 Å². The van der Waals surface area contributed by atoms with Gasteiger partial charge in [-0.1, -0.05) is 66.4 Å². The van der Waals surface area contributed by atoms with E-state index in [-0.39, 0.29) is 35.0 Å². The first-order valence-electron chi connectivity index (χ1n) is 23.8. The third-order valence-electron chi connectivity index (χ3n) is 11.2. The second-order valence-corrected chi connectivity index (χ2v) is 20.7. The van der Waals surface area contributed by atoms with E-state index in [1.54, 1.807) is 40.4 Å². The summed E-state index contributed by atoms with van der Waals surface area (Å²) in [5.74, 6) is 14.9. The Kier molecular flexibility index (Phi) is 15.7. The van der Waals surface area contributed by atoms with E-state index in [9.17, 15) is 18.0 Å². The lowest BCUT2D eigenvalue weighted by Crippen LogP contribution is -2.50. The fourth-order valence-corrected chi connectivity index (χ4v) is 9.33. The van der Waals surface area contributed by atoms with Gasteiger partial charge in [-0.2, -0.15) is 0 Å². The normalized spacial score (nSPS) is 14.0. The highest BCUT2D eigenvalue weighted by atomic mass is 32.2. The Bertz CT molecular complexity index is 3260. The number of benzene rings is 3. The molecule has 0 unspecified atom stereocenters. The molecule has 9 rings (SSSR count). The first kappa shape index (κ1) is 51.1. The molecule has 0 saturated carbocycles. The van der Waals surface area contributed by atoms with Crippen molar-refractivity contribution in [3.05, 3.63) is 127 Å². The lowest BCUT2D eigenvalue weighted by atomic mass is 10.2. The number of hydrogen-bond donors (Lipinski definition) is 1. The van der Waals surface area contributed by atoms with Gasteiger partial charge in [0, 0.05) is 52.4 Å². The molecule has 6 heterocycles. The third kappa shape index (κ3) is 13.2. The van der Waals surface area contributed by atoms with Crippen LogP contribution < -0.4 is 19.3 Å². The van der Waals surface area contributed by atoms with Crippen LogP contribution in [0.25, 0.3) is 22.1 Å². The minimum atomic E-state index is -4.03. The predicted octanol–water partition coefficient (Wildman–Crippen LogP) is 7.60. The Morgan fingerprint density at radius 2 is 1.05 bits per heavy atom. The number of H-pyrrole nitrogens is 1. The van der Waals surface area contributed by atoms with Gasteiger partial charge in [-0.3, -0.25) is 0 Å². The van der Waals surface area contributed by atoms with Crippen LogP contribution >= 0.6 is 0 Å². The van der Waals surface area contributed by atoms with Crippen LogP contribution in [0.3, 0.4) is 0 Å². The lowest BCUT2D eigenvalue weighted by molar-refractivity contribution is 0.0230. The van der Waals surface area contributed by atoms with Crippen LogP contribution in [0.1, 0.15) is 52.9 Å². The molecule has 1 N–H and O–H groups in total. The summed E-state index contributed by atoms with van der Waals surface area (Å²) in [6.07, 6.45) is 2.26. The summed E-state index contributed by atoms with van der Waals surface area (Å²) in [5.41, 5.74) is 0.880. The number of aromatic nitrogens is 6. The standard InChI is InChI=1S/C30H31N5O5S.C24H27N5O3/c1-30(2,3)40-29(36)34-18-16-33(17-19-34)27-26-21-23(11-10-20-39-24-12-6-4-7-13-24)35(28(26)32-22-31-27)41(37,38)25-14-8-5-9-15-25;1-24(2,3)32-23(30)29-13-11-28(12-14-29)22-20-16-18(27-21(20)25-17-26-22)8-7-15-31-19-9-5-4-6-10-19/h4-9,12-15,21-22H,16-20H2,1-3H3;4-6,9-10,16-17H,11-15H2,1-3H3,(H,25,26,27). The minimum Gasteiger partial charge on any atom is -0.481 e. The molecule has 378 valence electrons. The van der Waals surface area contributed by atoms with Crippen molar-refractivity contribution in [3.8, 4) is 35.2 Å². The third-order valence-corrected chi connectivity index (χ3v) is 12.9. The number of anilines is 2. The maximum absolute atomic E-state index is 13.8. The Labute approximate surface area is 425 Å². The molecule has 0 spiro atoms. The van der Waals surface area contributed by atoms with Crippen LogP contribution in [-0.2, 0) is 19.5 Å². The van der Waals surface area contributed by atoms with Gasteiger partial charge in [-0.25, -0.2) is 41.9 Å². The number of nitrogens with one attached hydrogen (secondary N) is 1. The van der Waals surface area contributed by atoms with Crippen LogP contribution in [-0.4, -0.2) is 136 Å². The van der Waals surface area contributed by atoms with Gasteiger partial charge < -0.3 is 43.5 Å². The van der Waals surface area contributed by atoms with Crippen molar-refractivity contribution >= 4 is 55.9 Å². The number of amides is 2. The van der Waals surface area contributed by atoms with Gasteiger partial charge in [-0.05, 0) is 102 Å². The van der Waals surface area contributed by atoms with E-state index in [2.05, 4.69) is 53.5 Å². The minimum absolute atomic E-state index is 0.0715. The fraction of sp³-hybridized carbons (Fsp3) is 0.333. The number of nitrogens with zero attached hydrogens (tertiary/aromatic N) is 9. The number of ether oxygens (including phenoxy) is 4. The Balaban J connectivity index is 0.000000201. The molecular weight excluding hydrogens is 949 g/mol. The smallest absolute Gasteiger partial charge is 0.410 e. The number of piperazine rings is 2. The van der Waals surface area contributed by atoms with E-state index in [0.29, 0.717) is 75.9 Å². The number of para-hydroxylation sites is 2. The van der Waals surface area contributed by atoms with Crippen molar-refractivity contribution < 1.29 is 37.0 Å². The van der Waals surface area contributed by atoms with Gasteiger partial charge in [0.05, 0.1) is 21.4 Å². The molecule has 2 fully saturated rings. The highest BCUT2D eigenvalue weighted by molar-refractivity contribution is 7.90. The zero-order valence-electron chi connectivity index (χ0n) is 41.7. The van der Waals surface area contributed by atoms with Gasteiger partial charge in [0.1, 0.15) is 71.5 Å². The average Bonchev–Trinajstić information content (AvgIpc) is 3.99. The largest absolute Gasteiger partial charge is 0.481 e. The van der Waals surface area contributed by atoms with Crippen molar-refractivity contribution in [2.75, 3.05) is 75.4 Å². The number of carbonyl (C=O) groups is 2. The summed E-state index contributed by atoms with van der Waals surface area (Å²) in [6.45, 7) is 15.8. The SMILES string of the molecule is CC(C)(C)OC(=O)N1CCN(c2ncnc3[nH]c(C#CCOc4ccccc4)cc23)CC1.CC(C)(C)OC(=O)N1CCN(c2ncnc3c2cc(C#CCOc2ccccc2)n3S(=O)(=O)c2ccccc2)CC1. The summed E-state index contributed by atoms with van der Waals surface area (Å²) < 4.78 is 51.1. The van der Waals surface area contributed by atoms with E-state index in [0.717, 1.165) is 32.3 Å². The summed E-state index contributed by atoms with van der Waals surface area (Å²) in [7, 11) is -4.03. The number of fused-ring (bicyclic) bond motifs is 2. The molecule has 2 aliphatic rings. The van der Waals surface area contributed by atoms with Crippen LogP contribution in [0.2, 0.25) is 0 Å². The van der Waals surface area contributed by atoms with Crippen molar-refractivity contribution in [3.63, 3.8) is 0 Å². The first-order chi connectivity index (χ1) is 35.0. The predicted molar refractivity (Wildman–Crippen MR) is 278 cm³/mol. The zero-order chi connectivity index (χ0) is 51.6. The summed E-state index contributed by atoms with van der Waals surface area (Å²) in [4.78, 5) is 53.5. The lowest BCUT2D eigenvalue weighted by Gasteiger charge is -2.36. The number of carbonyl (C=O) groups excluding carboxylic acids is 2. The van der Waals surface area contributed by atoms with E-state index < -0.39 is 21.2 Å². The number of rotatable bonds is 8. The van der Waals surface area contributed by atoms with Gasteiger partial charge in [-0.15, -0.1) is 0 Å². The van der Waals surface area contributed by atoms with Crippen LogP contribution in [0, 0.1) is 23.7 Å². The maximum atomic E-state index is 13.8. The molecule has 73 heavy (non-hydrogen) atoms. The Morgan fingerprint density at radius 3 is 1.56 bits per heavy atom. The molecule has 0 atom stereocenters. The van der Waals surface area contributed by atoms with E-state index >= 15 is 0 Å². The first-order valence-corrected chi connectivity index (χ1v) is 25.3. The number of aromatic amines is 1. The highest BCUT2D eigenvalue weighted by Gasteiger charge is 2.31. The number of hydrogen-bond acceptors (Lipinski definition) is 14. The van der Waals surface area contributed by atoms with Crippen LogP contribution in [0.4, 0.5) is 21.2 Å². The van der Waals surface area contributed by atoms with Gasteiger partial charge >= 0.3 is 12.2 Å². The average molecular weight is 1010 g/mol. The van der Waals surface area contributed by atoms with Gasteiger partial charge in [0.2, 0.25) is 0 Å². The highest BCUT2D eigenvalue weighted by Crippen LogP contribution is 2.31. The Hall–Kier alpha value is -8.29. The molecule has 2 saturated heterocycles. The monoisotopic (exact) mass is 1010 g/mol. The topological polar surface area (TPSA) is 190 Å². The van der Waals surface area contributed by atoms with E-state index in [1.807, 2.05) is 113 Å². The van der Waals surface area contributed by atoms with Crippen LogP contribution in [0.15, 0.2) is 121 Å². The van der Waals surface area contributed by atoms with Crippen molar-refractivity contribution in [1.29, 1.82) is 0 Å². The zero-order valence-corrected chi connectivity index (χ0v) is 42.6. The molecule has 0 bridgehead atoms. The Morgan fingerprint density at radius 1 is 0.589 bits per heavy atom. The van der Waals surface area contributed by atoms with Crippen molar-refractivity contribution in [1.82, 2.24) is 38.7 Å². The molecule has 19 heteroatoms. The second kappa shape index (κ2) is 22.4. The van der Waals surface area contributed by atoms with Crippen LogP contribution in [0.5, 0.6) is 11.5 Å². The molecule has 7 aromatic rings. The molecule has 0 aliphatic carbocycles. The molecule has 3 aromatic carbocycles. The van der Waals surface area contributed by atoms with Gasteiger partial charge in [0.25, 0.3) is 10.0 Å². The molecule has 4 aromatic heterocycles. The maximum Gasteiger partial charge on any atom is 0.410 e. The molecule has 18 nitrogen and oxygen atoms in total. The molecule has 2 aliphatic heterocycles. The van der Waals surface area contributed by atoms with Gasteiger partial charge in [0.15, 0.2) is 5.65 Å².